The van der Waals surface area contributed by atoms with Gasteiger partial charge in [-0.1, -0.05) is 13.0 Å². The van der Waals surface area contributed by atoms with E-state index in [0.29, 0.717) is 0 Å². The summed E-state index contributed by atoms with van der Waals surface area (Å²) in [5.74, 6) is 0.979. The molecule has 4 rings (SSSR count). The van der Waals surface area contributed by atoms with Gasteiger partial charge in [0.25, 0.3) is 0 Å². The normalized spacial score (nSPS) is 11.1. The van der Waals surface area contributed by atoms with Crippen molar-refractivity contribution in [3.05, 3.63) is 66.7 Å². The Bertz CT molecular complexity index is 1020. The molecular formula is C20H18N4S. The maximum absolute atomic E-state index is 4.76. The third-order valence-electron chi connectivity index (χ3n) is 3.97. The number of nitrogens with zero attached hydrogens (tertiary/aromatic N) is 4. The molecule has 0 aromatic carbocycles. The molecule has 0 atom stereocenters. The summed E-state index contributed by atoms with van der Waals surface area (Å²) in [6.45, 7) is 4.22. The summed E-state index contributed by atoms with van der Waals surface area (Å²) < 4.78 is 2.04. The molecule has 0 aliphatic heterocycles. The van der Waals surface area contributed by atoms with E-state index in [0.717, 1.165) is 38.9 Å². The SMILES string of the molecule is CCSc1cc(-c2ccccn2)cnc1-c1cn2ccc(C)cc2n1. The van der Waals surface area contributed by atoms with Crippen molar-refractivity contribution < 1.29 is 0 Å². The Hall–Kier alpha value is -2.66. The molecule has 0 fully saturated rings. The second-order valence-corrected chi connectivity index (χ2v) is 7.12. The zero-order chi connectivity index (χ0) is 17.2. The number of imidazole rings is 1. The van der Waals surface area contributed by atoms with Crippen LogP contribution in [0.5, 0.6) is 0 Å². The molecule has 0 saturated heterocycles. The molecule has 0 bridgehead atoms. The van der Waals surface area contributed by atoms with E-state index < -0.39 is 0 Å². The summed E-state index contributed by atoms with van der Waals surface area (Å²) in [6.07, 6.45) is 7.76. The van der Waals surface area contributed by atoms with E-state index >= 15 is 0 Å². The van der Waals surface area contributed by atoms with Crippen molar-refractivity contribution in [1.82, 2.24) is 19.4 Å². The summed E-state index contributed by atoms with van der Waals surface area (Å²) in [6, 6.07) is 12.2. The number of rotatable bonds is 4. The number of hydrogen-bond donors (Lipinski definition) is 0. The Morgan fingerprint density at radius 1 is 1.08 bits per heavy atom. The Morgan fingerprint density at radius 2 is 2.00 bits per heavy atom. The van der Waals surface area contributed by atoms with E-state index in [9.17, 15) is 0 Å². The van der Waals surface area contributed by atoms with Crippen LogP contribution < -0.4 is 0 Å². The molecule has 4 nitrogen and oxygen atoms in total. The number of aromatic nitrogens is 4. The summed E-state index contributed by atoms with van der Waals surface area (Å²) in [7, 11) is 0. The Labute approximate surface area is 151 Å². The average molecular weight is 346 g/mol. The standard InChI is InChI=1S/C20H18N4S/c1-3-25-18-11-15(16-6-4-5-8-21-16)12-22-20(18)17-13-24-9-7-14(2)10-19(24)23-17/h4-13H,3H2,1-2H3. The zero-order valence-electron chi connectivity index (χ0n) is 14.2. The third kappa shape index (κ3) is 3.15. The lowest BCUT2D eigenvalue weighted by Gasteiger charge is -2.08. The first-order valence-electron chi connectivity index (χ1n) is 8.24. The highest BCUT2D eigenvalue weighted by atomic mass is 32.2. The molecule has 124 valence electrons. The molecule has 4 heterocycles. The summed E-state index contributed by atoms with van der Waals surface area (Å²) in [5.41, 5.74) is 5.93. The maximum Gasteiger partial charge on any atom is 0.137 e. The van der Waals surface area contributed by atoms with E-state index in [1.165, 1.54) is 5.56 Å². The van der Waals surface area contributed by atoms with E-state index in [1.54, 1.807) is 18.0 Å². The van der Waals surface area contributed by atoms with Crippen LogP contribution in [0.15, 0.2) is 66.1 Å². The van der Waals surface area contributed by atoms with Gasteiger partial charge in [0.2, 0.25) is 0 Å². The van der Waals surface area contributed by atoms with E-state index in [2.05, 4.69) is 37.0 Å². The molecule has 0 spiro atoms. The topological polar surface area (TPSA) is 43.1 Å². The third-order valence-corrected chi connectivity index (χ3v) is 4.88. The fourth-order valence-electron chi connectivity index (χ4n) is 2.77. The van der Waals surface area contributed by atoms with Crippen LogP contribution in [-0.2, 0) is 0 Å². The highest BCUT2D eigenvalue weighted by Crippen LogP contribution is 2.32. The molecule has 0 unspecified atom stereocenters. The highest BCUT2D eigenvalue weighted by Gasteiger charge is 2.13. The van der Waals surface area contributed by atoms with Crippen LogP contribution in [0.4, 0.5) is 0 Å². The minimum atomic E-state index is 0.897. The molecule has 4 aromatic heterocycles. The fourth-order valence-corrected chi connectivity index (χ4v) is 3.59. The van der Waals surface area contributed by atoms with Crippen molar-refractivity contribution in [2.24, 2.45) is 0 Å². The first-order valence-corrected chi connectivity index (χ1v) is 9.23. The number of fused-ring (bicyclic) bond motifs is 1. The molecule has 0 saturated carbocycles. The number of aryl methyl sites for hydroxylation is 1. The lowest BCUT2D eigenvalue weighted by molar-refractivity contribution is 1.17. The van der Waals surface area contributed by atoms with Gasteiger partial charge in [0.15, 0.2) is 0 Å². The van der Waals surface area contributed by atoms with Crippen LogP contribution in [-0.4, -0.2) is 25.1 Å². The van der Waals surface area contributed by atoms with E-state index in [1.807, 2.05) is 41.2 Å². The zero-order valence-corrected chi connectivity index (χ0v) is 15.0. The number of hydrogen-bond acceptors (Lipinski definition) is 4. The average Bonchev–Trinajstić information content (AvgIpc) is 3.05. The van der Waals surface area contributed by atoms with Gasteiger partial charge in [-0.05, 0) is 48.6 Å². The van der Waals surface area contributed by atoms with Crippen molar-refractivity contribution in [2.45, 2.75) is 18.7 Å². The lowest BCUT2D eigenvalue weighted by atomic mass is 10.1. The maximum atomic E-state index is 4.76. The van der Waals surface area contributed by atoms with Crippen molar-refractivity contribution in [3.63, 3.8) is 0 Å². The van der Waals surface area contributed by atoms with Crippen molar-refractivity contribution >= 4 is 17.4 Å². The van der Waals surface area contributed by atoms with Gasteiger partial charge in [-0.15, -0.1) is 11.8 Å². The molecule has 0 aliphatic rings. The van der Waals surface area contributed by atoms with Crippen molar-refractivity contribution in [3.8, 4) is 22.6 Å². The Balaban J connectivity index is 1.82. The van der Waals surface area contributed by atoms with Crippen molar-refractivity contribution in [1.29, 1.82) is 0 Å². The largest absolute Gasteiger partial charge is 0.306 e. The molecule has 0 amide bonds. The molecule has 0 radical (unpaired) electrons. The summed E-state index contributed by atoms with van der Waals surface area (Å²) in [4.78, 5) is 15.0. The Morgan fingerprint density at radius 3 is 2.80 bits per heavy atom. The van der Waals surface area contributed by atoms with Gasteiger partial charge in [0.1, 0.15) is 17.0 Å². The van der Waals surface area contributed by atoms with Gasteiger partial charge in [0.05, 0.1) is 5.69 Å². The smallest absolute Gasteiger partial charge is 0.137 e. The number of pyridine rings is 3. The van der Waals surface area contributed by atoms with Gasteiger partial charge in [-0.3, -0.25) is 9.97 Å². The van der Waals surface area contributed by atoms with E-state index in [4.69, 9.17) is 9.97 Å². The summed E-state index contributed by atoms with van der Waals surface area (Å²) >= 11 is 1.78. The number of thioether (sulfide) groups is 1. The minimum Gasteiger partial charge on any atom is -0.306 e. The fraction of sp³-hybridized carbons (Fsp3) is 0.150. The van der Waals surface area contributed by atoms with Crippen LogP contribution in [0, 0.1) is 6.92 Å². The monoisotopic (exact) mass is 346 g/mol. The second-order valence-electron chi connectivity index (χ2n) is 5.81. The lowest BCUT2D eigenvalue weighted by Crippen LogP contribution is -1.91. The Kier molecular flexibility index (Phi) is 4.24. The van der Waals surface area contributed by atoms with Crippen LogP contribution in [0.1, 0.15) is 12.5 Å². The minimum absolute atomic E-state index is 0.897. The van der Waals surface area contributed by atoms with Crippen LogP contribution in [0.3, 0.4) is 0 Å². The summed E-state index contributed by atoms with van der Waals surface area (Å²) in [5, 5.41) is 0. The molecular weight excluding hydrogens is 328 g/mol. The first kappa shape index (κ1) is 15.8. The predicted octanol–water partition coefficient (Wildman–Crippen LogP) is 4.88. The van der Waals surface area contributed by atoms with Crippen molar-refractivity contribution in [2.75, 3.05) is 5.75 Å². The van der Waals surface area contributed by atoms with Gasteiger partial charge in [0, 0.05) is 35.2 Å². The van der Waals surface area contributed by atoms with E-state index in [-0.39, 0.29) is 0 Å². The molecule has 0 aliphatic carbocycles. The first-order chi connectivity index (χ1) is 12.2. The van der Waals surface area contributed by atoms with Crippen LogP contribution in [0.25, 0.3) is 28.3 Å². The van der Waals surface area contributed by atoms with Gasteiger partial charge >= 0.3 is 0 Å². The van der Waals surface area contributed by atoms with Gasteiger partial charge in [-0.2, -0.15) is 0 Å². The molecule has 4 aromatic rings. The van der Waals surface area contributed by atoms with Crippen LogP contribution in [0.2, 0.25) is 0 Å². The van der Waals surface area contributed by atoms with Gasteiger partial charge in [-0.25, -0.2) is 4.98 Å². The van der Waals surface area contributed by atoms with Crippen LogP contribution >= 0.6 is 11.8 Å². The predicted molar refractivity (Wildman–Crippen MR) is 103 cm³/mol. The molecule has 25 heavy (non-hydrogen) atoms. The molecule has 0 N–H and O–H groups in total. The molecule has 5 heteroatoms. The second kappa shape index (κ2) is 6.69. The highest BCUT2D eigenvalue weighted by molar-refractivity contribution is 7.99. The quantitative estimate of drug-likeness (QED) is 0.494. The van der Waals surface area contributed by atoms with Gasteiger partial charge < -0.3 is 4.40 Å².